The van der Waals surface area contributed by atoms with Gasteiger partial charge in [0.2, 0.25) is 0 Å². The summed E-state index contributed by atoms with van der Waals surface area (Å²) < 4.78 is 5.88. The minimum Gasteiger partial charge on any atom is -0.377 e. The van der Waals surface area contributed by atoms with Gasteiger partial charge in [-0.05, 0) is 37.8 Å². The molecule has 0 aliphatic heterocycles. The summed E-state index contributed by atoms with van der Waals surface area (Å²) in [5.41, 5.74) is 1.37. The Labute approximate surface area is 118 Å². The zero-order valence-electron chi connectivity index (χ0n) is 12.9. The molecule has 0 aliphatic carbocycles. The average Bonchev–Trinajstić information content (AvgIpc) is 2.48. The van der Waals surface area contributed by atoms with Crippen LogP contribution in [-0.2, 0) is 11.2 Å². The molecule has 1 unspecified atom stereocenters. The fraction of sp³-hybridized carbons (Fsp3) is 0.647. The molecule has 0 fully saturated rings. The highest BCUT2D eigenvalue weighted by Crippen LogP contribution is 2.27. The van der Waals surface area contributed by atoms with E-state index in [4.69, 9.17) is 4.74 Å². The smallest absolute Gasteiger partial charge is 0.0825 e. The van der Waals surface area contributed by atoms with E-state index in [1.165, 1.54) is 5.56 Å². The lowest BCUT2D eigenvalue weighted by Gasteiger charge is -2.39. The molecule has 108 valence electrons. The molecule has 0 aromatic heterocycles. The second-order valence-electron chi connectivity index (χ2n) is 5.11. The molecule has 1 rings (SSSR count). The van der Waals surface area contributed by atoms with Crippen LogP contribution >= 0.6 is 0 Å². The number of likely N-dealkylation sites (N-methyl/N-ethyl adjacent to an activating group) is 1. The molecule has 1 aromatic rings. The largest absolute Gasteiger partial charge is 0.377 e. The van der Waals surface area contributed by atoms with Gasteiger partial charge in [-0.3, -0.25) is 0 Å². The molecule has 0 heterocycles. The van der Waals surface area contributed by atoms with E-state index in [1.54, 1.807) is 0 Å². The van der Waals surface area contributed by atoms with E-state index in [0.717, 1.165) is 32.2 Å². The summed E-state index contributed by atoms with van der Waals surface area (Å²) >= 11 is 0. The lowest BCUT2D eigenvalue weighted by molar-refractivity contribution is -0.0489. The van der Waals surface area contributed by atoms with Crippen LogP contribution in [0.15, 0.2) is 30.3 Å². The van der Waals surface area contributed by atoms with Gasteiger partial charge in [0.05, 0.1) is 5.60 Å². The second-order valence-corrected chi connectivity index (χ2v) is 5.11. The number of hydrogen-bond donors (Lipinski definition) is 1. The van der Waals surface area contributed by atoms with E-state index in [1.807, 2.05) is 7.11 Å². The lowest BCUT2D eigenvalue weighted by Crippen LogP contribution is -2.51. The number of ether oxygens (including phenoxy) is 1. The van der Waals surface area contributed by atoms with E-state index < -0.39 is 0 Å². The molecule has 1 atom stereocenters. The molecule has 0 radical (unpaired) electrons. The summed E-state index contributed by atoms with van der Waals surface area (Å²) in [4.78, 5) is 0. The Morgan fingerprint density at radius 3 is 2.21 bits per heavy atom. The first kappa shape index (κ1) is 16.2. The Morgan fingerprint density at radius 1 is 1.11 bits per heavy atom. The third kappa shape index (κ3) is 4.32. The molecule has 0 saturated carbocycles. The highest BCUT2D eigenvalue weighted by atomic mass is 16.5. The van der Waals surface area contributed by atoms with Crippen LogP contribution < -0.4 is 5.32 Å². The predicted molar refractivity (Wildman–Crippen MR) is 82.5 cm³/mol. The minimum atomic E-state index is -0.0369. The molecule has 0 bridgehead atoms. The summed E-state index contributed by atoms with van der Waals surface area (Å²) in [7, 11) is 1.85. The van der Waals surface area contributed by atoms with Gasteiger partial charge in [-0.25, -0.2) is 0 Å². The number of nitrogens with one attached hydrogen (secondary N) is 1. The Kier molecular flexibility index (Phi) is 7.11. The fourth-order valence-electron chi connectivity index (χ4n) is 2.93. The Morgan fingerprint density at radius 2 is 1.74 bits per heavy atom. The summed E-state index contributed by atoms with van der Waals surface area (Å²) in [6.07, 6.45) is 4.32. The van der Waals surface area contributed by atoms with Crippen LogP contribution in [0.3, 0.4) is 0 Å². The average molecular weight is 263 g/mol. The predicted octanol–water partition coefficient (Wildman–Crippen LogP) is 3.80. The van der Waals surface area contributed by atoms with Crippen LogP contribution in [0.4, 0.5) is 0 Å². The van der Waals surface area contributed by atoms with Gasteiger partial charge in [-0.15, -0.1) is 0 Å². The maximum atomic E-state index is 5.88. The zero-order chi connectivity index (χ0) is 14.1. The van der Waals surface area contributed by atoms with Gasteiger partial charge in [0.1, 0.15) is 0 Å². The van der Waals surface area contributed by atoms with Crippen LogP contribution in [0.25, 0.3) is 0 Å². The molecule has 2 nitrogen and oxygen atoms in total. The Bertz CT molecular complexity index is 324. The molecular weight excluding hydrogens is 234 g/mol. The van der Waals surface area contributed by atoms with Crippen LogP contribution in [0, 0.1) is 0 Å². The molecule has 2 heteroatoms. The van der Waals surface area contributed by atoms with E-state index in [0.29, 0.717) is 6.04 Å². The van der Waals surface area contributed by atoms with Crippen LogP contribution in [0.5, 0.6) is 0 Å². The second kappa shape index (κ2) is 8.34. The molecule has 0 spiro atoms. The first-order chi connectivity index (χ1) is 9.22. The molecule has 19 heavy (non-hydrogen) atoms. The summed E-state index contributed by atoms with van der Waals surface area (Å²) in [6.45, 7) is 7.60. The summed E-state index contributed by atoms with van der Waals surface area (Å²) in [6, 6.07) is 11.1. The Balaban J connectivity index is 2.71. The molecule has 1 aromatic carbocycles. The van der Waals surface area contributed by atoms with Crippen molar-refractivity contribution in [3.8, 4) is 0 Å². The normalized spacial score (nSPS) is 13.5. The van der Waals surface area contributed by atoms with Crippen molar-refractivity contribution in [3.63, 3.8) is 0 Å². The van der Waals surface area contributed by atoms with E-state index in [2.05, 4.69) is 56.4 Å². The van der Waals surface area contributed by atoms with Crippen molar-refractivity contribution in [2.75, 3.05) is 13.7 Å². The quantitative estimate of drug-likeness (QED) is 0.731. The maximum Gasteiger partial charge on any atom is 0.0825 e. The van der Waals surface area contributed by atoms with Crippen LogP contribution in [0.2, 0.25) is 0 Å². The monoisotopic (exact) mass is 263 g/mol. The fourth-order valence-corrected chi connectivity index (χ4v) is 2.93. The standard InChI is InChI=1S/C17H29NO/c1-5-17(6-2,19-4)16(18-7-3)14-13-15-11-9-8-10-12-15/h8-12,16,18H,5-7,13-14H2,1-4H3. The molecular formula is C17H29NO. The maximum absolute atomic E-state index is 5.88. The van der Waals surface area contributed by atoms with Gasteiger partial charge in [0, 0.05) is 13.2 Å². The number of methoxy groups -OCH3 is 1. The van der Waals surface area contributed by atoms with Gasteiger partial charge in [-0.1, -0.05) is 51.1 Å². The third-order valence-corrected chi connectivity index (χ3v) is 4.25. The third-order valence-electron chi connectivity index (χ3n) is 4.25. The number of benzene rings is 1. The topological polar surface area (TPSA) is 21.3 Å². The van der Waals surface area contributed by atoms with E-state index in [-0.39, 0.29) is 5.60 Å². The van der Waals surface area contributed by atoms with Crippen molar-refractivity contribution >= 4 is 0 Å². The van der Waals surface area contributed by atoms with Crippen molar-refractivity contribution < 1.29 is 4.74 Å². The Hall–Kier alpha value is -0.860. The molecule has 0 amide bonds. The van der Waals surface area contributed by atoms with Gasteiger partial charge in [0.15, 0.2) is 0 Å². The van der Waals surface area contributed by atoms with E-state index >= 15 is 0 Å². The van der Waals surface area contributed by atoms with Gasteiger partial charge < -0.3 is 10.1 Å². The molecule has 1 N–H and O–H groups in total. The van der Waals surface area contributed by atoms with E-state index in [9.17, 15) is 0 Å². The molecule has 0 saturated heterocycles. The van der Waals surface area contributed by atoms with Crippen molar-refractivity contribution in [3.05, 3.63) is 35.9 Å². The zero-order valence-corrected chi connectivity index (χ0v) is 12.9. The summed E-state index contributed by atoms with van der Waals surface area (Å²) in [5.74, 6) is 0. The summed E-state index contributed by atoms with van der Waals surface area (Å²) in [5, 5.41) is 3.62. The van der Waals surface area contributed by atoms with Crippen molar-refractivity contribution in [1.82, 2.24) is 5.32 Å². The first-order valence-corrected chi connectivity index (χ1v) is 7.54. The highest BCUT2D eigenvalue weighted by Gasteiger charge is 2.34. The highest BCUT2D eigenvalue weighted by molar-refractivity contribution is 5.15. The number of aryl methyl sites for hydroxylation is 1. The van der Waals surface area contributed by atoms with Crippen molar-refractivity contribution in [2.24, 2.45) is 0 Å². The van der Waals surface area contributed by atoms with Gasteiger partial charge in [0.25, 0.3) is 0 Å². The number of rotatable bonds is 9. The van der Waals surface area contributed by atoms with Gasteiger partial charge >= 0.3 is 0 Å². The SMILES string of the molecule is CCNC(CCc1ccccc1)C(CC)(CC)OC. The molecule has 0 aliphatic rings. The van der Waals surface area contributed by atoms with Crippen LogP contribution in [0.1, 0.15) is 45.6 Å². The number of hydrogen-bond acceptors (Lipinski definition) is 2. The van der Waals surface area contributed by atoms with Gasteiger partial charge in [-0.2, -0.15) is 0 Å². The first-order valence-electron chi connectivity index (χ1n) is 7.54. The van der Waals surface area contributed by atoms with Crippen molar-refractivity contribution in [1.29, 1.82) is 0 Å². The lowest BCUT2D eigenvalue weighted by atomic mass is 9.84. The van der Waals surface area contributed by atoms with Crippen molar-refractivity contribution in [2.45, 2.75) is 58.1 Å². The van der Waals surface area contributed by atoms with Crippen LogP contribution in [-0.4, -0.2) is 25.3 Å². The minimum absolute atomic E-state index is 0.0369.